The summed E-state index contributed by atoms with van der Waals surface area (Å²) >= 11 is 1.37. The van der Waals surface area contributed by atoms with E-state index in [0.717, 1.165) is 27.6 Å². The van der Waals surface area contributed by atoms with Gasteiger partial charge in [-0.2, -0.15) is 0 Å². The number of thioether (sulfide) groups is 1. The average Bonchev–Trinajstić information content (AvgIpc) is 2.73. The zero-order valence-electron chi connectivity index (χ0n) is 16.0. The van der Waals surface area contributed by atoms with E-state index < -0.39 is 0 Å². The first-order valence-electron chi connectivity index (χ1n) is 9.16. The number of aryl methyl sites for hydroxylation is 1. The molecule has 6 heteroatoms. The molecule has 0 aliphatic heterocycles. The van der Waals surface area contributed by atoms with Crippen molar-refractivity contribution in [2.24, 2.45) is 0 Å². The standard InChI is InChI=1S/C22H23N3O2S/c1-3-27-19-10-8-18(9-11-19)20-12-13-22(25-24-20)28-15-21(26)23-14-17-6-4-16(2)5-7-17/h4-13H,3,14-15H2,1-2H3,(H,23,26). The van der Waals surface area contributed by atoms with Crippen molar-refractivity contribution in [2.75, 3.05) is 12.4 Å². The highest BCUT2D eigenvalue weighted by molar-refractivity contribution is 7.99. The molecule has 1 N–H and O–H groups in total. The van der Waals surface area contributed by atoms with Crippen molar-refractivity contribution in [1.82, 2.24) is 15.5 Å². The summed E-state index contributed by atoms with van der Waals surface area (Å²) in [6, 6.07) is 19.7. The van der Waals surface area contributed by atoms with Gasteiger partial charge in [-0.05, 0) is 55.8 Å². The number of benzene rings is 2. The first-order chi connectivity index (χ1) is 13.6. The number of rotatable bonds is 8. The van der Waals surface area contributed by atoms with Crippen LogP contribution in [0.25, 0.3) is 11.3 Å². The van der Waals surface area contributed by atoms with Crippen LogP contribution in [0.2, 0.25) is 0 Å². The highest BCUT2D eigenvalue weighted by atomic mass is 32.2. The van der Waals surface area contributed by atoms with Crippen molar-refractivity contribution in [3.8, 4) is 17.0 Å². The van der Waals surface area contributed by atoms with Gasteiger partial charge in [0.05, 0.1) is 18.1 Å². The fraction of sp³-hybridized carbons (Fsp3) is 0.227. The Morgan fingerprint density at radius 1 is 1.00 bits per heavy atom. The van der Waals surface area contributed by atoms with E-state index in [4.69, 9.17) is 4.74 Å². The third kappa shape index (κ3) is 5.82. The van der Waals surface area contributed by atoms with Crippen molar-refractivity contribution in [2.45, 2.75) is 25.4 Å². The number of carbonyl (C=O) groups excluding carboxylic acids is 1. The molecule has 1 amide bonds. The molecule has 0 saturated heterocycles. The van der Waals surface area contributed by atoms with E-state index in [-0.39, 0.29) is 5.91 Å². The quantitative estimate of drug-likeness (QED) is 0.580. The van der Waals surface area contributed by atoms with Crippen molar-refractivity contribution >= 4 is 17.7 Å². The summed E-state index contributed by atoms with van der Waals surface area (Å²) in [5.74, 6) is 1.12. The van der Waals surface area contributed by atoms with Crippen LogP contribution in [0, 0.1) is 6.92 Å². The molecule has 2 aromatic carbocycles. The number of ether oxygens (including phenoxy) is 1. The predicted molar refractivity (Wildman–Crippen MR) is 112 cm³/mol. The van der Waals surface area contributed by atoms with Crippen LogP contribution < -0.4 is 10.1 Å². The van der Waals surface area contributed by atoms with Gasteiger partial charge in [-0.15, -0.1) is 10.2 Å². The van der Waals surface area contributed by atoms with Gasteiger partial charge in [-0.1, -0.05) is 41.6 Å². The van der Waals surface area contributed by atoms with E-state index >= 15 is 0 Å². The molecule has 5 nitrogen and oxygen atoms in total. The molecule has 0 unspecified atom stereocenters. The van der Waals surface area contributed by atoms with Gasteiger partial charge < -0.3 is 10.1 Å². The SMILES string of the molecule is CCOc1ccc(-c2ccc(SCC(=O)NCc3ccc(C)cc3)nn2)cc1. The monoisotopic (exact) mass is 393 g/mol. The van der Waals surface area contributed by atoms with E-state index in [1.54, 1.807) is 0 Å². The zero-order valence-corrected chi connectivity index (χ0v) is 16.8. The Hall–Kier alpha value is -2.86. The van der Waals surface area contributed by atoms with E-state index in [0.29, 0.717) is 18.9 Å². The second-order valence-corrected chi connectivity index (χ2v) is 7.26. The van der Waals surface area contributed by atoms with E-state index in [1.807, 2.05) is 74.5 Å². The van der Waals surface area contributed by atoms with Gasteiger partial charge in [0.1, 0.15) is 10.8 Å². The average molecular weight is 394 g/mol. The molecular formula is C22H23N3O2S. The van der Waals surface area contributed by atoms with Gasteiger partial charge in [0, 0.05) is 12.1 Å². The van der Waals surface area contributed by atoms with Gasteiger partial charge in [0.25, 0.3) is 0 Å². The lowest BCUT2D eigenvalue weighted by Crippen LogP contribution is -2.24. The summed E-state index contributed by atoms with van der Waals surface area (Å²) in [6.45, 7) is 5.17. The second-order valence-electron chi connectivity index (χ2n) is 6.27. The van der Waals surface area contributed by atoms with Crippen LogP contribution in [0.15, 0.2) is 65.7 Å². The van der Waals surface area contributed by atoms with Crippen molar-refractivity contribution in [3.05, 3.63) is 71.8 Å². The highest BCUT2D eigenvalue weighted by Crippen LogP contribution is 2.22. The van der Waals surface area contributed by atoms with Crippen LogP contribution in [0.1, 0.15) is 18.1 Å². The fourth-order valence-electron chi connectivity index (χ4n) is 2.54. The summed E-state index contributed by atoms with van der Waals surface area (Å²) in [4.78, 5) is 12.0. The zero-order chi connectivity index (χ0) is 19.8. The number of nitrogens with zero attached hydrogens (tertiary/aromatic N) is 2. The number of nitrogens with one attached hydrogen (secondary N) is 1. The molecule has 0 saturated carbocycles. The van der Waals surface area contributed by atoms with E-state index in [9.17, 15) is 4.79 Å². The first-order valence-corrected chi connectivity index (χ1v) is 10.1. The Bertz CT molecular complexity index is 895. The summed E-state index contributed by atoms with van der Waals surface area (Å²) in [5, 5.41) is 12.1. The smallest absolute Gasteiger partial charge is 0.230 e. The fourth-order valence-corrected chi connectivity index (χ4v) is 3.18. The van der Waals surface area contributed by atoms with Gasteiger partial charge >= 0.3 is 0 Å². The van der Waals surface area contributed by atoms with Gasteiger partial charge in [-0.25, -0.2) is 0 Å². The number of amides is 1. The summed E-state index contributed by atoms with van der Waals surface area (Å²) in [6.07, 6.45) is 0. The Morgan fingerprint density at radius 3 is 2.39 bits per heavy atom. The Morgan fingerprint density at radius 2 is 1.75 bits per heavy atom. The van der Waals surface area contributed by atoms with Crippen LogP contribution in [0.5, 0.6) is 5.75 Å². The molecule has 1 heterocycles. The number of aromatic nitrogens is 2. The normalized spacial score (nSPS) is 10.5. The van der Waals surface area contributed by atoms with Gasteiger partial charge in [-0.3, -0.25) is 4.79 Å². The maximum Gasteiger partial charge on any atom is 0.230 e. The molecule has 1 aromatic heterocycles. The lowest BCUT2D eigenvalue weighted by atomic mass is 10.1. The Labute approximate surface area is 169 Å². The van der Waals surface area contributed by atoms with Crippen LogP contribution >= 0.6 is 11.8 Å². The third-order valence-corrected chi connectivity index (χ3v) is 4.98. The van der Waals surface area contributed by atoms with Crippen LogP contribution in [-0.2, 0) is 11.3 Å². The molecule has 0 atom stereocenters. The van der Waals surface area contributed by atoms with Gasteiger partial charge in [0.15, 0.2) is 0 Å². The molecule has 0 bridgehead atoms. The number of carbonyl (C=O) groups is 1. The minimum absolute atomic E-state index is 0.0250. The topological polar surface area (TPSA) is 64.1 Å². The van der Waals surface area contributed by atoms with Crippen molar-refractivity contribution in [1.29, 1.82) is 0 Å². The Kier molecular flexibility index (Phi) is 7.03. The largest absolute Gasteiger partial charge is 0.494 e. The molecule has 0 aliphatic carbocycles. The van der Waals surface area contributed by atoms with Crippen LogP contribution in [0.4, 0.5) is 0 Å². The number of hydrogen-bond acceptors (Lipinski definition) is 5. The second kappa shape index (κ2) is 9.90. The van der Waals surface area contributed by atoms with Crippen molar-refractivity contribution < 1.29 is 9.53 Å². The molecule has 0 fully saturated rings. The molecule has 0 aliphatic rings. The van der Waals surface area contributed by atoms with Gasteiger partial charge in [0.2, 0.25) is 5.91 Å². The molecule has 144 valence electrons. The summed E-state index contributed by atoms with van der Waals surface area (Å²) in [7, 11) is 0. The minimum atomic E-state index is -0.0250. The van der Waals surface area contributed by atoms with E-state index in [2.05, 4.69) is 15.5 Å². The van der Waals surface area contributed by atoms with E-state index in [1.165, 1.54) is 17.3 Å². The summed E-state index contributed by atoms with van der Waals surface area (Å²) < 4.78 is 5.45. The van der Waals surface area contributed by atoms with Crippen LogP contribution in [0.3, 0.4) is 0 Å². The number of hydrogen-bond donors (Lipinski definition) is 1. The first kappa shape index (κ1) is 19.9. The lowest BCUT2D eigenvalue weighted by Gasteiger charge is -2.06. The Balaban J connectivity index is 1.48. The molecule has 0 radical (unpaired) electrons. The maximum absolute atomic E-state index is 12.0. The predicted octanol–water partition coefficient (Wildman–Crippen LogP) is 4.26. The lowest BCUT2D eigenvalue weighted by molar-refractivity contribution is -0.118. The van der Waals surface area contributed by atoms with Crippen molar-refractivity contribution in [3.63, 3.8) is 0 Å². The molecule has 28 heavy (non-hydrogen) atoms. The maximum atomic E-state index is 12.0. The molecule has 3 aromatic rings. The third-order valence-electron chi connectivity index (χ3n) is 4.06. The van der Waals surface area contributed by atoms with Crippen LogP contribution in [-0.4, -0.2) is 28.5 Å². The highest BCUT2D eigenvalue weighted by Gasteiger charge is 2.06. The molecular weight excluding hydrogens is 370 g/mol. The molecule has 0 spiro atoms. The summed E-state index contributed by atoms with van der Waals surface area (Å²) in [5.41, 5.74) is 4.06. The molecule has 3 rings (SSSR count). The minimum Gasteiger partial charge on any atom is -0.494 e.